The summed E-state index contributed by atoms with van der Waals surface area (Å²) in [5.74, 6) is 0. The van der Waals surface area contributed by atoms with Crippen molar-refractivity contribution in [2.75, 3.05) is 0 Å². The second kappa shape index (κ2) is 13.2. The predicted molar refractivity (Wildman–Crippen MR) is 258 cm³/mol. The van der Waals surface area contributed by atoms with Gasteiger partial charge in [-0.1, -0.05) is 140 Å². The second-order valence-corrected chi connectivity index (χ2v) is 16.2. The summed E-state index contributed by atoms with van der Waals surface area (Å²) >= 11 is 0. The average Bonchev–Trinajstić information content (AvgIpc) is 3.67. The van der Waals surface area contributed by atoms with Crippen molar-refractivity contribution < 1.29 is 0 Å². The van der Waals surface area contributed by atoms with E-state index in [9.17, 15) is 0 Å². The van der Waals surface area contributed by atoms with Gasteiger partial charge in [0, 0.05) is 39.6 Å². The number of benzene rings is 11. The first-order valence-electron chi connectivity index (χ1n) is 20.9. The normalized spacial score (nSPS) is 11.9. The molecule has 0 atom stereocenters. The van der Waals surface area contributed by atoms with Crippen molar-refractivity contribution in [2.45, 2.75) is 0 Å². The molecule has 0 bridgehead atoms. The van der Waals surface area contributed by atoms with E-state index in [-0.39, 0.29) is 0 Å². The van der Waals surface area contributed by atoms with E-state index in [4.69, 9.17) is 9.97 Å². The van der Waals surface area contributed by atoms with Gasteiger partial charge in [0.15, 0.2) is 0 Å². The molecule has 0 aliphatic rings. The number of nitrogens with zero attached hydrogens (tertiary/aromatic N) is 3. The first-order valence-corrected chi connectivity index (χ1v) is 20.9. The fourth-order valence-corrected chi connectivity index (χ4v) is 9.77. The molecule has 0 aliphatic heterocycles. The molecule has 0 unspecified atom stereocenters. The van der Waals surface area contributed by atoms with Crippen LogP contribution < -0.4 is 0 Å². The van der Waals surface area contributed by atoms with Crippen LogP contribution in [0.5, 0.6) is 0 Å². The molecule has 0 radical (unpaired) electrons. The molecule has 13 aromatic rings. The third-order valence-electron chi connectivity index (χ3n) is 12.8. The highest BCUT2D eigenvalue weighted by Crippen LogP contribution is 2.38. The number of fused-ring (bicyclic) bond motifs is 12. The Morgan fingerprint density at radius 1 is 0.262 bits per heavy atom. The number of para-hydroxylation sites is 2. The highest BCUT2D eigenvalue weighted by Gasteiger charge is 2.14. The lowest BCUT2D eigenvalue weighted by Gasteiger charge is -2.12. The van der Waals surface area contributed by atoms with E-state index in [1.165, 1.54) is 104 Å². The summed E-state index contributed by atoms with van der Waals surface area (Å²) in [7, 11) is 0. The van der Waals surface area contributed by atoms with Crippen LogP contribution in [0.15, 0.2) is 213 Å². The Labute approximate surface area is 351 Å². The van der Waals surface area contributed by atoms with Gasteiger partial charge in [0.2, 0.25) is 0 Å². The maximum atomic E-state index is 4.79. The van der Waals surface area contributed by atoms with Gasteiger partial charge in [0.1, 0.15) is 0 Å². The zero-order valence-corrected chi connectivity index (χ0v) is 33.0. The maximum Gasteiger partial charge on any atom is 0.0971 e. The molecule has 0 amide bonds. The molecule has 0 spiro atoms. The van der Waals surface area contributed by atoms with Crippen LogP contribution in [0.2, 0.25) is 0 Å². The fourth-order valence-electron chi connectivity index (χ4n) is 9.77. The van der Waals surface area contributed by atoms with Crippen LogP contribution >= 0.6 is 0 Å². The predicted octanol–water partition coefficient (Wildman–Crippen LogP) is 15.5. The molecule has 0 saturated heterocycles. The van der Waals surface area contributed by atoms with E-state index >= 15 is 0 Å². The van der Waals surface area contributed by atoms with E-state index in [0.29, 0.717) is 0 Å². The van der Waals surface area contributed by atoms with Crippen molar-refractivity contribution in [3.8, 4) is 39.1 Å². The van der Waals surface area contributed by atoms with Gasteiger partial charge in [-0.25, -0.2) is 0 Å². The summed E-state index contributed by atoms with van der Waals surface area (Å²) in [5, 5.41) is 14.6. The van der Waals surface area contributed by atoms with Crippen molar-refractivity contribution in [1.82, 2.24) is 14.5 Å². The van der Waals surface area contributed by atoms with Crippen molar-refractivity contribution >= 4 is 86.7 Å². The van der Waals surface area contributed by atoms with E-state index in [2.05, 4.69) is 205 Å². The van der Waals surface area contributed by atoms with E-state index in [1.807, 2.05) is 0 Å². The molecule has 0 fully saturated rings. The fraction of sp³-hybridized carbons (Fsp3) is 0. The van der Waals surface area contributed by atoms with Gasteiger partial charge in [-0.3, -0.25) is 9.97 Å². The van der Waals surface area contributed by atoms with Crippen LogP contribution in [0.3, 0.4) is 0 Å². The van der Waals surface area contributed by atoms with E-state index in [0.717, 1.165) is 21.8 Å². The molecule has 0 aliphatic carbocycles. The molecule has 3 heteroatoms. The summed E-state index contributed by atoms with van der Waals surface area (Å²) in [6.45, 7) is 0. The Kier molecular flexibility index (Phi) is 7.31. The van der Waals surface area contributed by atoms with Crippen LogP contribution in [0.4, 0.5) is 0 Å². The molecule has 0 saturated carbocycles. The van der Waals surface area contributed by atoms with Gasteiger partial charge < -0.3 is 4.57 Å². The minimum Gasteiger partial charge on any atom is -0.309 e. The Bertz CT molecular complexity index is 3860. The molecule has 3 nitrogen and oxygen atoms in total. The third kappa shape index (κ3) is 5.38. The summed E-state index contributed by atoms with van der Waals surface area (Å²) in [6.07, 6.45) is 3.57. The van der Waals surface area contributed by atoms with Crippen molar-refractivity contribution in [3.63, 3.8) is 0 Å². The lowest BCUT2D eigenvalue weighted by molar-refractivity contribution is 1.19. The smallest absolute Gasteiger partial charge is 0.0971 e. The highest BCUT2D eigenvalue weighted by molar-refractivity contribution is 6.23. The Balaban J connectivity index is 0.797. The monoisotopic (exact) mass is 773 g/mol. The maximum absolute atomic E-state index is 4.79. The first-order chi connectivity index (χ1) is 30.2. The number of hydrogen-bond acceptors (Lipinski definition) is 2. The van der Waals surface area contributed by atoms with Crippen molar-refractivity contribution in [2.24, 2.45) is 0 Å². The minimum absolute atomic E-state index is 0.939. The molecule has 11 aromatic carbocycles. The summed E-state index contributed by atoms with van der Waals surface area (Å²) in [6, 6.07) is 73.5. The summed E-state index contributed by atoms with van der Waals surface area (Å²) < 4.78 is 2.38. The standard InChI is InChI=1S/C58H35N3/c1-2-10-53-49(7-1)50-26-24-47(35-54(50)58-57(53)59-27-28-60-58)44-20-19-41-31-39(17-18-42(41)32-44)36-13-14-38-30-40(16-15-37(38)29-36)43-21-22-46-34-48(25-23-45(46)33-43)61-55-11-5-3-8-51(55)52-9-4-6-12-56(52)61/h1-35H. The van der Waals surface area contributed by atoms with Gasteiger partial charge in [0.05, 0.1) is 22.1 Å². The Morgan fingerprint density at radius 3 is 1.13 bits per heavy atom. The zero-order valence-electron chi connectivity index (χ0n) is 33.0. The number of hydrogen-bond donors (Lipinski definition) is 0. The van der Waals surface area contributed by atoms with Gasteiger partial charge in [0.25, 0.3) is 0 Å². The largest absolute Gasteiger partial charge is 0.309 e. The molecule has 0 N–H and O–H groups in total. The second-order valence-electron chi connectivity index (χ2n) is 16.2. The van der Waals surface area contributed by atoms with Crippen LogP contribution in [-0.4, -0.2) is 14.5 Å². The molecular formula is C58H35N3. The molecular weight excluding hydrogens is 739 g/mol. The average molecular weight is 774 g/mol. The van der Waals surface area contributed by atoms with Crippen LogP contribution in [0, 0.1) is 0 Å². The van der Waals surface area contributed by atoms with Gasteiger partial charge >= 0.3 is 0 Å². The van der Waals surface area contributed by atoms with Crippen LogP contribution in [0.1, 0.15) is 0 Å². The zero-order chi connectivity index (χ0) is 40.0. The van der Waals surface area contributed by atoms with E-state index in [1.54, 1.807) is 12.4 Å². The van der Waals surface area contributed by atoms with Gasteiger partial charge in [-0.05, 0) is 137 Å². The molecule has 2 heterocycles. The minimum atomic E-state index is 0.939. The number of aromatic nitrogens is 3. The van der Waals surface area contributed by atoms with E-state index < -0.39 is 0 Å². The molecule has 13 rings (SSSR count). The lowest BCUT2D eigenvalue weighted by atomic mass is 9.93. The summed E-state index contributed by atoms with van der Waals surface area (Å²) in [5.41, 5.74) is 12.7. The van der Waals surface area contributed by atoms with Crippen LogP contribution in [-0.2, 0) is 0 Å². The quantitative estimate of drug-likeness (QED) is 0.167. The lowest BCUT2D eigenvalue weighted by Crippen LogP contribution is -1.93. The summed E-state index contributed by atoms with van der Waals surface area (Å²) in [4.78, 5) is 9.52. The Hall–Kier alpha value is -8.14. The highest BCUT2D eigenvalue weighted by atomic mass is 15.0. The Morgan fingerprint density at radius 2 is 0.623 bits per heavy atom. The molecule has 61 heavy (non-hydrogen) atoms. The van der Waals surface area contributed by atoms with Crippen molar-refractivity contribution in [1.29, 1.82) is 0 Å². The third-order valence-corrected chi connectivity index (χ3v) is 12.8. The topological polar surface area (TPSA) is 30.7 Å². The van der Waals surface area contributed by atoms with Gasteiger partial charge in [-0.2, -0.15) is 0 Å². The van der Waals surface area contributed by atoms with Crippen LogP contribution in [0.25, 0.3) is 126 Å². The molecule has 282 valence electrons. The first kappa shape index (κ1) is 33.8. The number of rotatable bonds is 4. The van der Waals surface area contributed by atoms with Crippen molar-refractivity contribution in [3.05, 3.63) is 213 Å². The SMILES string of the molecule is c1ccc2c(c1)c1ccc(-c3ccc4cc(-c5ccc6cc(-c7ccc8cc(-n9c%10ccccc%10c%10ccccc%109)ccc8c7)ccc6c5)ccc4c3)cc1c1nccnc21. The van der Waals surface area contributed by atoms with Gasteiger partial charge in [-0.15, -0.1) is 0 Å². The molecule has 2 aromatic heterocycles.